The van der Waals surface area contributed by atoms with E-state index in [1.807, 2.05) is 36.1 Å². The molecule has 2 amide bonds. The average molecular weight is 414 g/mol. The summed E-state index contributed by atoms with van der Waals surface area (Å²) in [5.41, 5.74) is 3.41. The van der Waals surface area contributed by atoms with Crippen molar-refractivity contribution in [2.75, 3.05) is 32.1 Å². The van der Waals surface area contributed by atoms with Gasteiger partial charge in [0.15, 0.2) is 5.65 Å². The van der Waals surface area contributed by atoms with Crippen molar-refractivity contribution in [3.8, 4) is 0 Å². The van der Waals surface area contributed by atoms with Crippen molar-refractivity contribution in [3.05, 3.63) is 52.9 Å². The third-order valence-corrected chi connectivity index (χ3v) is 5.72. The zero-order valence-electron chi connectivity index (χ0n) is 16.6. The largest absolute Gasteiger partial charge is 0.383 e. The Kier molecular flexibility index (Phi) is 5.69. The second-order valence-corrected chi connectivity index (χ2v) is 7.69. The zero-order chi connectivity index (χ0) is 20.4. The van der Waals surface area contributed by atoms with E-state index in [2.05, 4.69) is 14.9 Å². The highest BCUT2D eigenvalue weighted by Crippen LogP contribution is 2.29. The van der Waals surface area contributed by atoms with Gasteiger partial charge >= 0.3 is 6.03 Å². The first kappa shape index (κ1) is 19.7. The minimum atomic E-state index is -0.120. The van der Waals surface area contributed by atoms with Crippen molar-refractivity contribution in [3.63, 3.8) is 0 Å². The Bertz CT molecular complexity index is 1040. The van der Waals surface area contributed by atoms with Crippen LogP contribution in [-0.2, 0) is 11.3 Å². The fourth-order valence-corrected chi connectivity index (χ4v) is 3.90. The van der Waals surface area contributed by atoms with Gasteiger partial charge in [-0.2, -0.15) is 0 Å². The number of aryl methyl sites for hydroxylation is 1. The Labute approximate surface area is 174 Å². The number of carbonyl (C=O) groups is 1. The number of nitrogens with zero attached hydrogens (tertiary/aromatic N) is 4. The lowest BCUT2D eigenvalue weighted by Gasteiger charge is -2.18. The maximum absolute atomic E-state index is 12.7. The lowest BCUT2D eigenvalue weighted by Crippen LogP contribution is -2.33. The van der Waals surface area contributed by atoms with Crippen molar-refractivity contribution in [2.24, 2.45) is 0 Å². The minimum absolute atomic E-state index is 0.120. The van der Waals surface area contributed by atoms with E-state index in [1.165, 1.54) is 0 Å². The molecule has 29 heavy (non-hydrogen) atoms. The summed E-state index contributed by atoms with van der Waals surface area (Å²) < 4.78 is 7.38. The molecule has 4 rings (SSSR count). The van der Waals surface area contributed by atoms with Gasteiger partial charge in [0, 0.05) is 49.6 Å². The van der Waals surface area contributed by atoms with Crippen molar-refractivity contribution >= 4 is 34.5 Å². The van der Waals surface area contributed by atoms with Crippen LogP contribution in [0.15, 0.2) is 36.5 Å². The Morgan fingerprint density at radius 2 is 2.24 bits per heavy atom. The van der Waals surface area contributed by atoms with Gasteiger partial charge in [-0.05, 0) is 43.2 Å². The molecule has 8 heteroatoms. The Hall–Kier alpha value is -2.64. The van der Waals surface area contributed by atoms with Crippen LogP contribution in [0.25, 0.3) is 11.2 Å². The van der Waals surface area contributed by atoms with Gasteiger partial charge in [0.2, 0.25) is 0 Å². The van der Waals surface area contributed by atoms with Gasteiger partial charge in [-0.15, -0.1) is 0 Å². The van der Waals surface area contributed by atoms with Crippen LogP contribution in [0.4, 0.5) is 10.5 Å². The molecule has 1 atom stereocenters. The lowest BCUT2D eigenvalue weighted by atomic mass is 10.1. The monoisotopic (exact) mass is 413 g/mol. The van der Waals surface area contributed by atoms with Crippen molar-refractivity contribution in [1.29, 1.82) is 0 Å². The summed E-state index contributed by atoms with van der Waals surface area (Å²) in [5, 5.41) is 3.58. The number of imidazole rings is 1. The Morgan fingerprint density at radius 1 is 1.38 bits per heavy atom. The number of benzene rings is 1. The van der Waals surface area contributed by atoms with Crippen LogP contribution in [0.2, 0.25) is 5.02 Å². The molecular formula is C21H24ClN5O2. The molecule has 1 aliphatic rings. The predicted octanol–water partition coefficient (Wildman–Crippen LogP) is 4.06. The maximum atomic E-state index is 12.7. The third-order valence-electron chi connectivity index (χ3n) is 5.32. The topological polar surface area (TPSA) is 72.3 Å². The molecule has 0 unspecified atom stereocenters. The number of fused-ring (bicyclic) bond motifs is 1. The van der Waals surface area contributed by atoms with Crippen LogP contribution >= 0.6 is 11.6 Å². The van der Waals surface area contributed by atoms with Crippen molar-refractivity contribution < 1.29 is 9.53 Å². The number of amides is 2. The normalized spacial score (nSPS) is 16.5. The number of nitrogens with one attached hydrogen (secondary N) is 1. The van der Waals surface area contributed by atoms with Gasteiger partial charge in [-0.1, -0.05) is 17.7 Å². The summed E-state index contributed by atoms with van der Waals surface area (Å²) in [7, 11) is 1.69. The van der Waals surface area contributed by atoms with Crippen LogP contribution in [0, 0.1) is 6.92 Å². The molecule has 1 aromatic carbocycles. The van der Waals surface area contributed by atoms with E-state index in [9.17, 15) is 4.79 Å². The van der Waals surface area contributed by atoms with Gasteiger partial charge in [-0.25, -0.2) is 14.8 Å². The van der Waals surface area contributed by atoms with Gasteiger partial charge < -0.3 is 19.5 Å². The van der Waals surface area contributed by atoms with E-state index >= 15 is 0 Å². The minimum Gasteiger partial charge on any atom is -0.383 e. The standard InChI is InChI=1S/C21H24ClN5O2/c1-14-5-6-16(12-17(14)22)24-21(28)26-9-7-15(13-26)19-25-18-4-3-8-23-20(18)27(19)10-11-29-2/h3-6,8,12,15H,7,9-11,13H2,1-2H3,(H,24,28)/t15-/m1/s1. The number of hydrogen-bond donors (Lipinski definition) is 1. The highest BCUT2D eigenvalue weighted by Gasteiger charge is 2.31. The van der Waals surface area contributed by atoms with Gasteiger partial charge in [0.05, 0.1) is 6.61 Å². The van der Waals surface area contributed by atoms with Crippen LogP contribution in [0.3, 0.4) is 0 Å². The first-order chi connectivity index (χ1) is 14.1. The molecule has 3 heterocycles. The number of anilines is 1. The molecule has 3 aromatic rings. The number of methoxy groups -OCH3 is 1. The molecule has 0 spiro atoms. The zero-order valence-corrected chi connectivity index (χ0v) is 17.3. The van der Waals surface area contributed by atoms with E-state index < -0.39 is 0 Å². The maximum Gasteiger partial charge on any atom is 0.321 e. The lowest BCUT2D eigenvalue weighted by molar-refractivity contribution is 0.186. The summed E-state index contributed by atoms with van der Waals surface area (Å²) in [4.78, 5) is 23.9. The summed E-state index contributed by atoms with van der Waals surface area (Å²) >= 11 is 6.17. The average Bonchev–Trinajstić information content (AvgIpc) is 3.34. The molecule has 1 saturated heterocycles. The van der Waals surface area contributed by atoms with E-state index in [4.69, 9.17) is 21.3 Å². The first-order valence-electron chi connectivity index (χ1n) is 9.69. The van der Waals surface area contributed by atoms with E-state index in [0.717, 1.165) is 29.0 Å². The quantitative estimate of drug-likeness (QED) is 0.684. The number of likely N-dealkylation sites (tertiary alicyclic amines) is 1. The molecule has 7 nitrogen and oxygen atoms in total. The Morgan fingerprint density at radius 3 is 3.03 bits per heavy atom. The number of hydrogen-bond acceptors (Lipinski definition) is 4. The second-order valence-electron chi connectivity index (χ2n) is 7.29. The van der Waals surface area contributed by atoms with Gasteiger partial charge in [0.25, 0.3) is 0 Å². The number of pyridine rings is 1. The first-order valence-corrected chi connectivity index (χ1v) is 10.1. The van der Waals surface area contributed by atoms with Crippen LogP contribution in [-0.4, -0.2) is 52.3 Å². The Balaban J connectivity index is 1.50. The van der Waals surface area contributed by atoms with E-state index in [-0.39, 0.29) is 11.9 Å². The predicted molar refractivity (Wildman–Crippen MR) is 114 cm³/mol. The van der Waals surface area contributed by atoms with Gasteiger partial charge in [-0.3, -0.25) is 0 Å². The van der Waals surface area contributed by atoms with Crippen LogP contribution in [0.1, 0.15) is 23.7 Å². The molecule has 1 fully saturated rings. The molecule has 0 saturated carbocycles. The highest BCUT2D eigenvalue weighted by molar-refractivity contribution is 6.31. The van der Waals surface area contributed by atoms with Gasteiger partial charge in [0.1, 0.15) is 11.3 Å². The van der Waals surface area contributed by atoms with Crippen LogP contribution < -0.4 is 5.32 Å². The van der Waals surface area contributed by atoms with Crippen molar-refractivity contribution in [1.82, 2.24) is 19.4 Å². The summed E-state index contributed by atoms with van der Waals surface area (Å²) in [6, 6.07) is 9.28. The fraction of sp³-hybridized carbons (Fsp3) is 0.381. The number of aromatic nitrogens is 3. The number of halogens is 1. The number of carbonyl (C=O) groups excluding carboxylic acids is 1. The van der Waals surface area contributed by atoms with Crippen LogP contribution in [0.5, 0.6) is 0 Å². The number of ether oxygens (including phenoxy) is 1. The van der Waals surface area contributed by atoms with Crippen molar-refractivity contribution in [2.45, 2.75) is 25.8 Å². The molecule has 0 radical (unpaired) electrons. The second kappa shape index (κ2) is 8.39. The number of urea groups is 1. The molecule has 1 N–H and O–H groups in total. The smallest absolute Gasteiger partial charge is 0.321 e. The van der Waals surface area contributed by atoms with E-state index in [1.54, 1.807) is 19.4 Å². The fourth-order valence-electron chi connectivity index (χ4n) is 3.72. The summed E-state index contributed by atoms with van der Waals surface area (Å²) in [6.45, 7) is 4.49. The molecule has 0 bridgehead atoms. The summed E-state index contributed by atoms with van der Waals surface area (Å²) in [6.07, 6.45) is 2.64. The molecule has 0 aliphatic carbocycles. The molecule has 2 aromatic heterocycles. The highest BCUT2D eigenvalue weighted by atomic mass is 35.5. The number of rotatable bonds is 5. The summed E-state index contributed by atoms with van der Waals surface area (Å²) in [5.74, 6) is 1.12. The molecule has 152 valence electrons. The molecule has 1 aliphatic heterocycles. The SMILES string of the molecule is COCCn1c([C@@H]2CCN(C(=O)Nc3ccc(C)c(Cl)c3)C2)nc2cccnc21. The molecular weight excluding hydrogens is 390 g/mol. The van der Waals surface area contributed by atoms with E-state index in [0.29, 0.717) is 37.0 Å². The third kappa shape index (κ3) is 4.06.